The molecule has 2 amide bonds. The van der Waals surface area contributed by atoms with Crippen LogP contribution in [0.3, 0.4) is 0 Å². The second-order valence-electron chi connectivity index (χ2n) is 2.43. The SMILES string of the molecule is NC1=NC(=O)NCC1CCO. The van der Waals surface area contributed by atoms with Crippen LogP contribution in [-0.4, -0.2) is 30.1 Å². The Morgan fingerprint density at radius 2 is 2.55 bits per heavy atom. The van der Waals surface area contributed by atoms with Gasteiger partial charge in [-0.1, -0.05) is 0 Å². The van der Waals surface area contributed by atoms with E-state index in [0.29, 0.717) is 18.8 Å². The summed E-state index contributed by atoms with van der Waals surface area (Å²) in [6, 6.07) is -0.392. The highest BCUT2D eigenvalue weighted by molar-refractivity contribution is 5.96. The molecule has 5 heteroatoms. The van der Waals surface area contributed by atoms with Crippen molar-refractivity contribution in [2.24, 2.45) is 16.6 Å². The topological polar surface area (TPSA) is 87.7 Å². The summed E-state index contributed by atoms with van der Waals surface area (Å²) in [6.07, 6.45) is 0.551. The van der Waals surface area contributed by atoms with Crippen LogP contribution in [0.4, 0.5) is 4.79 Å². The molecule has 4 N–H and O–H groups in total. The maximum Gasteiger partial charge on any atom is 0.342 e. The fraction of sp³-hybridized carbons (Fsp3) is 0.667. The molecule has 1 aliphatic rings. The minimum atomic E-state index is -0.392. The van der Waals surface area contributed by atoms with Crippen molar-refractivity contribution in [3.05, 3.63) is 0 Å². The Balaban J connectivity index is 2.57. The Kier molecular flexibility index (Phi) is 2.43. The average Bonchev–Trinajstić information content (AvgIpc) is 1.95. The van der Waals surface area contributed by atoms with E-state index in [1.807, 2.05) is 0 Å². The molecule has 1 aliphatic heterocycles. The van der Waals surface area contributed by atoms with Crippen LogP contribution >= 0.6 is 0 Å². The van der Waals surface area contributed by atoms with E-state index in [4.69, 9.17) is 10.8 Å². The summed E-state index contributed by atoms with van der Waals surface area (Å²) in [7, 11) is 0. The van der Waals surface area contributed by atoms with Crippen LogP contribution in [0, 0.1) is 5.92 Å². The number of nitrogens with one attached hydrogen (secondary N) is 1. The fourth-order valence-electron chi connectivity index (χ4n) is 0.969. The van der Waals surface area contributed by atoms with Gasteiger partial charge in [-0.25, -0.2) is 4.79 Å². The number of aliphatic hydroxyl groups is 1. The number of urea groups is 1. The molecule has 1 rings (SSSR count). The Morgan fingerprint density at radius 1 is 1.82 bits per heavy atom. The van der Waals surface area contributed by atoms with Crippen LogP contribution in [0.15, 0.2) is 4.99 Å². The van der Waals surface area contributed by atoms with E-state index in [1.165, 1.54) is 0 Å². The molecule has 5 nitrogen and oxygen atoms in total. The number of hydrogen-bond donors (Lipinski definition) is 3. The van der Waals surface area contributed by atoms with Gasteiger partial charge in [0.1, 0.15) is 5.84 Å². The molecule has 0 aliphatic carbocycles. The van der Waals surface area contributed by atoms with Gasteiger partial charge in [-0.2, -0.15) is 4.99 Å². The van der Waals surface area contributed by atoms with E-state index in [-0.39, 0.29) is 12.5 Å². The lowest BCUT2D eigenvalue weighted by Gasteiger charge is -2.19. The number of amides is 2. The molecule has 1 atom stereocenters. The summed E-state index contributed by atoms with van der Waals surface area (Å²) >= 11 is 0. The van der Waals surface area contributed by atoms with Crippen molar-refractivity contribution in [1.29, 1.82) is 0 Å². The molecule has 0 aromatic carbocycles. The highest BCUT2D eigenvalue weighted by Crippen LogP contribution is 2.05. The van der Waals surface area contributed by atoms with Gasteiger partial charge in [0, 0.05) is 19.1 Å². The van der Waals surface area contributed by atoms with E-state index >= 15 is 0 Å². The third kappa shape index (κ3) is 1.91. The highest BCUT2D eigenvalue weighted by atomic mass is 16.3. The van der Waals surface area contributed by atoms with E-state index < -0.39 is 6.03 Å². The van der Waals surface area contributed by atoms with Crippen molar-refractivity contribution in [1.82, 2.24) is 5.32 Å². The number of hydrogen-bond acceptors (Lipinski definition) is 3. The van der Waals surface area contributed by atoms with Crippen LogP contribution in [0.1, 0.15) is 6.42 Å². The number of nitrogens with zero attached hydrogens (tertiary/aromatic N) is 1. The fourth-order valence-corrected chi connectivity index (χ4v) is 0.969. The molecule has 0 bridgehead atoms. The number of rotatable bonds is 2. The van der Waals surface area contributed by atoms with Gasteiger partial charge in [0.15, 0.2) is 0 Å². The Morgan fingerprint density at radius 3 is 3.09 bits per heavy atom. The molecule has 0 saturated carbocycles. The average molecular weight is 157 g/mol. The zero-order chi connectivity index (χ0) is 8.27. The van der Waals surface area contributed by atoms with Crippen LogP contribution in [0.2, 0.25) is 0 Å². The Labute approximate surface area is 64.3 Å². The number of carbonyl (C=O) groups is 1. The maximum absolute atomic E-state index is 10.6. The zero-order valence-electron chi connectivity index (χ0n) is 6.08. The number of amidine groups is 1. The standard InChI is InChI=1S/C6H11N3O2/c7-5-4(1-2-10)3-8-6(11)9-5/h4,10H,1-3H2,(H3,7,8,9,11). The van der Waals surface area contributed by atoms with Gasteiger partial charge >= 0.3 is 6.03 Å². The zero-order valence-corrected chi connectivity index (χ0v) is 6.08. The number of carbonyl (C=O) groups excluding carboxylic acids is 1. The molecule has 0 aromatic rings. The van der Waals surface area contributed by atoms with Crippen molar-refractivity contribution >= 4 is 11.9 Å². The van der Waals surface area contributed by atoms with Crippen LogP contribution < -0.4 is 11.1 Å². The van der Waals surface area contributed by atoms with Crippen LogP contribution in [0.5, 0.6) is 0 Å². The predicted octanol–water partition coefficient (Wildman–Crippen LogP) is -0.935. The molecular weight excluding hydrogens is 146 g/mol. The molecular formula is C6H11N3O2. The first-order chi connectivity index (χ1) is 5.24. The summed E-state index contributed by atoms with van der Waals surface area (Å²) in [6.45, 7) is 0.547. The van der Waals surface area contributed by atoms with Crippen molar-refractivity contribution in [3.8, 4) is 0 Å². The van der Waals surface area contributed by atoms with Crippen molar-refractivity contribution < 1.29 is 9.90 Å². The van der Waals surface area contributed by atoms with Crippen molar-refractivity contribution in [2.45, 2.75) is 6.42 Å². The van der Waals surface area contributed by atoms with Gasteiger partial charge in [-0.3, -0.25) is 0 Å². The van der Waals surface area contributed by atoms with E-state index in [2.05, 4.69) is 10.3 Å². The van der Waals surface area contributed by atoms with Crippen molar-refractivity contribution in [2.75, 3.05) is 13.2 Å². The molecule has 1 heterocycles. The molecule has 0 saturated heterocycles. The van der Waals surface area contributed by atoms with Crippen LogP contribution in [0.25, 0.3) is 0 Å². The first-order valence-corrected chi connectivity index (χ1v) is 3.46. The Bertz CT molecular complexity index is 190. The quantitative estimate of drug-likeness (QED) is 0.483. The lowest BCUT2D eigenvalue weighted by Crippen LogP contribution is -2.41. The Hall–Kier alpha value is -1.10. The van der Waals surface area contributed by atoms with E-state index in [0.717, 1.165) is 0 Å². The third-order valence-electron chi connectivity index (χ3n) is 1.63. The van der Waals surface area contributed by atoms with Gasteiger partial charge in [0.25, 0.3) is 0 Å². The number of nitrogens with two attached hydrogens (primary N) is 1. The van der Waals surface area contributed by atoms with E-state index in [1.54, 1.807) is 0 Å². The van der Waals surface area contributed by atoms with Gasteiger partial charge in [-0.05, 0) is 6.42 Å². The van der Waals surface area contributed by atoms with Gasteiger partial charge < -0.3 is 16.2 Å². The van der Waals surface area contributed by atoms with Crippen LogP contribution in [-0.2, 0) is 0 Å². The summed E-state index contributed by atoms with van der Waals surface area (Å²) in [4.78, 5) is 14.1. The molecule has 0 spiro atoms. The lowest BCUT2D eigenvalue weighted by molar-refractivity contribution is 0.241. The first kappa shape index (κ1) is 8.00. The maximum atomic E-state index is 10.6. The van der Waals surface area contributed by atoms with Gasteiger partial charge in [0.2, 0.25) is 0 Å². The first-order valence-electron chi connectivity index (χ1n) is 3.46. The lowest BCUT2D eigenvalue weighted by atomic mass is 10.0. The molecule has 0 aromatic heterocycles. The predicted molar refractivity (Wildman–Crippen MR) is 40.2 cm³/mol. The summed E-state index contributed by atoms with van der Waals surface area (Å²) < 4.78 is 0. The molecule has 11 heavy (non-hydrogen) atoms. The number of aliphatic imine (C=N–C) groups is 1. The highest BCUT2D eigenvalue weighted by Gasteiger charge is 2.19. The second-order valence-corrected chi connectivity index (χ2v) is 2.43. The molecule has 0 fully saturated rings. The summed E-state index contributed by atoms with van der Waals surface area (Å²) in [5.41, 5.74) is 5.43. The largest absolute Gasteiger partial charge is 0.396 e. The monoisotopic (exact) mass is 157 g/mol. The summed E-state index contributed by atoms with van der Waals surface area (Å²) in [5.74, 6) is 0.320. The minimum absolute atomic E-state index is 0.00213. The third-order valence-corrected chi connectivity index (χ3v) is 1.63. The molecule has 0 radical (unpaired) electrons. The van der Waals surface area contributed by atoms with Crippen molar-refractivity contribution in [3.63, 3.8) is 0 Å². The molecule has 1 unspecified atom stereocenters. The van der Waals surface area contributed by atoms with Gasteiger partial charge in [-0.15, -0.1) is 0 Å². The minimum Gasteiger partial charge on any atom is -0.396 e. The summed E-state index contributed by atoms with van der Waals surface area (Å²) in [5, 5.41) is 11.1. The smallest absolute Gasteiger partial charge is 0.342 e. The van der Waals surface area contributed by atoms with Gasteiger partial charge in [0.05, 0.1) is 0 Å². The number of aliphatic hydroxyl groups excluding tert-OH is 1. The normalized spacial score (nSPS) is 24.3. The second kappa shape index (κ2) is 3.34. The van der Waals surface area contributed by atoms with E-state index in [9.17, 15) is 4.79 Å². The molecule has 62 valence electrons.